The number of methoxy groups -OCH3 is 3. The van der Waals surface area contributed by atoms with Crippen LogP contribution >= 0.6 is 0 Å². The van der Waals surface area contributed by atoms with E-state index in [1.807, 2.05) is 5.43 Å². The lowest BCUT2D eigenvalue weighted by atomic mass is 10.2. The summed E-state index contributed by atoms with van der Waals surface area (Å²) in [5.41, 5.74) is 2.22. The molecule has 0 aliphatic heterocycles. The van der Waals surface area contributed by atoms with Gasteiger partial charge in [-0.2, -0.15) is 0 Å². The molecule has 0 aliphatic carbocycles. The molecule has 9 heteroatoms. The van der Waals surface area contributed by atoms with Gasteiger partial charge in [0.15, 0.2) is 23.1 Å². The maximum absolute atomic E-state index is 13.0. The van der Waals surface area contributed by atoms with Gasteiger partial charge in [-0.1, -0.05) is 0 Å². The summed E-state index contributed by atoms with van der Waals surface area (Å²) >= 11 is 0. The standard InChI is InChI=1S/C9H9FO3.C8H9FN2O2/c1-12-8-4-3-6(5-7(8)10)9(11)13-2;1-13-7-3-2-5(4-6(7)9)8(12)11-10/h3-5H,1-2H3;2-4H,10H2,1H3,(H,11,12). The molecule has 0 heterocycles. The van der Waals surface area contributed by atoms with Crippen LogP contribution in [0.25, 0.3) is 0 Å². The third kappa shape index (κ3) is 5.42. The number of nitrogen functional groups attached to an aromatic ring is 1. The maximum Gasteiger partial charge on any atom is 0.337 e. The number of carbonyl (C=O) groups excluding carboxylic acids is 2. The Kier molecular flexibility index (Phi) is 7.97. The van der Waals surface area contributed by atoms with Crippen LogP contribution in [0.5, 0.6) is 11.5 Å². The summed E-state index contributed by atoms with van der Waals surface area (Å²) in [5.74, 6) is 2.79. The summed E-state index contributed by atoms with van der Waals surface area (Å²) in [5, 5.41) is 0. The fourth-order valence-electron chi connectivity index (χ4n) is 1.80. The summed E-state index contributed by atoms with van der Waals surface area (Å²) in [6.07, 6.45) is 0. The van der Waals surface area contributed by atoms with Gasteiger partial charge in [0.25, 0.3) is 5.91 Å². The molecule has 0 radical (unpaired) electrons. The molecular formula is C17H18F2N2O5. The number of hydrazine groups is 1. The molecule has 7 nitrogen and oxygen atoms in total. The van der Waals surface area contributed by atoms with Gasteiger partial charge in [-0.25, -0.2) is 19.4 Å². The third-order valence-electron chi connectivity index (χ3n) is 3.12. The first-order chi connectivity index (χ1) is 12.4. The largest absolute Gasteiger partial charge is 0.494 e. The highest BCUT2D eigenvalue weighted by Crippen LogP contribution is 2.18. The van der Waals surface area contributed by atoms with E-state index in [1.165, 1.54) is 45.6 Å². The first-order valence-electron chi connectivity index (χ1n) is 7.14. The van der Waals surface area contributed by atoms with Crippen LogP contribution in [0, 0.1) is 11.6 Å². The van der Waals surface area contributed by atoms with Gasteiger partial charge in [0, 0.05) is 5.56 Å². The summed E-state index contributed by atoms with van der Waals surface area (Å²) in [6, 6.07) is 7.73. The number of benzene rings is 2. The number of rotatable bonds is 4. The second-order valence-electron chi connectivity index (χ2n) is 4.66. The van der Waals surface area contributed by atoms with Crippen molar-refractivity contribution in [1.29, 1.82) is 0 Å². The van der Waals surface area contributed by atoms with Crippen LogP contribution in [0.15, 0.2) is 36.4 Å². The van der Waals surface area contributed by atoms with Crippen LogP contribution in [0.2, 0.25) is 0 Å². The van der Waals surface area contributed by atoms with Gasteiger partial charge >= 0.3 is 5.97 Å². The summed E-state index contributed by atoms with van der Waals surface area (Å²) < 4.78 is 39.8. The van der Waals surface area contributed by atoms with Crippen molar-refractivity contribution in [1.82, 2.24) is 5.43 Å². The SMILES string of the molecule is COC(=O)c1ccc(OC)c(F)c1.COc1ccc(C(=O)NN)cc1F. The number of halogens is 2. The normalized spacial score (nSPS) is 9.46. The Hall–Kier alpha value is -3.20. The van der Waals surface area contributed by atoms with Crippen LogP contribution < -0.4 is 20.7 Å². The van der Waals surface area contributed by atoms with E-state index >= 15 is 0 Å². The topological polar surface area (TPSA) is 99.9 Å². The number of esters is 1. The average Bonchev–Trinajstić information content (AvgIpc) is 2.67. The smallest absolute Gasteiger partial charge is 0.337 e. The minimum absolute atomic E-state index is 0.0913. The molecule has 2 rings (SSSR count). The molecule has 0 aliphatic rings. The predicted molar refractivity (Wildman–Crippen MR) is 88.9 cm³/mol. The second-order valence-corrected chi connectivity index (χ2v) is 4.66. The Bertz CT molecular complexity index is 718. The minimum Gasteiger partial charge on any atom is -0.494 e. The number of carbonyl (C=O) groups is 2. The zero-order valence-corrected chi connectivity index (χ0v) is 14.3. The highest BCUT2D eigenvalue weighted by atomic mass is 19.1. The monoisotopic (exact) mass is 368 g/mol. The van der Waals surface area contributed by atoms with Gasteiger partial charge in [-0.3, -0.25) is 10.2 Å². The van der Waals surface area contributed by atoms with Gasteiger partial charge in [0.05, 0.1) is 26.9 Å². The molecule has 1 amide bonds. The lowest BCUT2D eigenvalue weighted by Gasteiger charge is -2.03. The van der Waals surface area contributed by atoms with Crippen molar-refractivity contribution in [2.24, 2.45) is 5.84 Å². The highest BCUT2D eigenvalue weighted by Gasteiger charge is 2.09. The Balaban J connectivity index is 0.000000260. The predicted octanol–water partition coefficient (Wildman–Crippen LogP) is 2.06. The average molecular weight is 368 g/mol. The molecule has 0 saturated carbocycles. The van der Waals surface area contributed by atoms with Crippen molar-refractivity contribution in [2.75, 3.05) is 21.3 Å². The van der Waals surface area contributed by atoms with Crippen LogP contribution in [-0.4, -0.2) is 33.2 Å². The number of hydrogen-bond donors (Lipinski definition) is 2. The lowest BCUT2D eigenvalue weighted by molar-refractivity contribution is 0.0600. The Morgan fingerprint density at radius 1 is 0.885 bits per heavy atom. The lowest BCUT2D eigenvalue weighted by Crippen LogP contribution is -2.30. The van der Waals surface area contributed by atoms with E-state index in [-0.39, 0.29) is 22.6 Å². The second kappa shape index (κ2) is 9.94. The molecule has 3 N–H and O–H groups in total. The maximum atomic E-state index is 13.0. The van der Waals surface area contributed by atoms with Crippen molar-refractivity contribution in [3.8, 4) is 11.5 Å². The molecule has 0 saturated heterocycles. The molecular weight excluding hydrogens is 350 g/mol. The fraction of sp³-hybridized carbons (Fsp3) is 0.176. The van der Waals surface area contributed by atoms with Crippen molar-refractivity contribution >= 4 is 11.9 Å². The number of nitrogens with one attached hydrogen (secondary N) is 1. The van der Waals surface area contributed by atoms with Crippen molar-refractivity contribution in [2.45, 2.75) is 0 Å². The molecule has 0 aromatic heterocycles. The third-order valence-corrected chi connectivity index (χ3v) is 3.12. The van der Waals surface area contributed by atoms with Crippen LogP contribution in [0.4, 0.5) is 8.78 Å². The zero-order chi connectivity index (χ0) is 19.7. The van der Waals surface area contributed by atoms with Gasteiger partial charge in [0.2, 0.25) is 0 Å². The number of amides is 1. The summed E-state index contributed by atoms with van der Waals surface area (Å²) in [4.78, 5) is 21.9. The molecule has 140 valence electrons. The number of ether oxygens (including phenoxy) is 3. The zero-order valence-electron chi connectivity index (χ0n) is 14.3. The van der Waals surface area contributed by atoms with E-state index in [1.54, 1.807) is 0 Å². The molecule has 26 heavy (non-hydrogen) atoms. The fourth-order valence-corrected chi connectivity index (χ4v) is 1.80. The summed E-state index contributed by atoms with van der Waals surface area (Å²) in [6.45, 7) is 0. The van der Waals surface area contributed by atoms with E-state index in [0.717, 1.165) is 12.1 Å². The Morgan fingerprint density at radius 3 is 1.73 bits per heavy atom. The molecule has 2 aromatic carbocycles. The van der Waals surface area contributed by atoms with Crippen molar-refractivity contribution in [3.05, 3.63) is 59.2 Å². The van der Waals surface area contributed by atoms with E-state index in [2.05, 4.69) is 14.2 Å². The Labute approximate surface area is 148 Å². The molecule has 0 unspecified atom stereocenters. The number of hydrogen-bond acceptors (Lipinski definition) is 6. The summed E-state index contributed by atoms with van der Waals surface area (Å²) in [7, 11) is 3.95. The van der Waals surface area contributed by atoms with Gasteiger partial charge in [-0.15, -0.1) is 0 Å². The molecule has 0 spiro atoms. The molecule has 2 aromatic rings. The number of nitrogens with two attached hydrogens (primary N) is 1. The quantitative estimate of drug-likeness (QED) is 0.371. The molecule has 0 bridgehead atoms. The van der Waals surface area contributed by atoms with Crippen molar-refractivity contribution in [3.63, 3.8) is 0 Å². The van der Waals surface area contributed by atoms with E-state index in [4.69, 9.17) is 5.84 Å². The first kappa shape index (κ1) is 20.8. The Morgan fingerprint density at radius 2 is 1.35 bits per heavy atom. The molecule has 0 atom stereocenters. The van der Waals surface area contributed by atoms with Crippen LogP contribution in [0.1, 0.15) is 20.7 Å². The highest BCUT2D eigenvalue weighted by molar-refractivity contribution is 5.93. The van der Waals surface area contributed by atoms with Crippen molar-refractivity contribution < 1.29 is 32.6 Å². The van der Waals surface area contributed by atoms with E-state index in [9.17, 15) is 18.4 Å². The van der Waals surface area contributed by atoms with Gasteiger partial charge < -0.3 is 14.2 Å². The van der Waals surface area contributed by atoms with E-state index < -0.39 is 23.5 Å². The van der Waals surface area contributed by atoms with Gasteiger partial charge in [0.1, 0.15) is 0 Å². The van der Waals surface area contributed by atoms with Crippen LogP contribution in [-0.2, 0) is 4.74 Å². The molecule has 0 fully saturated rings. The van der Waals surface area contributed by atoms with Crippen LogP contribution in [0.3, 0.4) is 0 Å². The van der Waals surface area contributed by atoms with Gasteiger partial charge in [-0.05, 0) is 36.4 Å². The first-order valence-corrected chi connectivity index (χ1v) is 7.14. The van der Waals surface area contributed by atoms with E-state index in [0.29, 0.717) is 0 Å². The minimum atomic E-state index is -0.594.